The SMILES string of the molecule is COc1ccc(C(=O)N(C)c2ccc3nc(C)[nH]c3c2)cc1OC. The molecule has 1 N–H and O–H groups in total. The second kappa shape index (κ2) is 6.23. The van der Waals surface area contributed by atoms with Crippen LogP contribution in [0.1, 0.15) is 16.2 Å². The number of rotatable bonds is 4. The number of benzene rings is 2. The first kappa shape index (κ1) is 15.9. The summed E-state index contributed by atoms with van der Waals surface area (Å²) in [6, 6.07) is 10.8. The maximum atomic E-state index is 12.8. The molecule has 0 radical (unpaired) electrons. The van der Waals surface area contributed by atoms with Gasteiger partial charge in [0.1, 0.15) is 5.82 Å². The van der Waals surface area contributed by atoms with Crippen LogP contribution in [-0.4, -0.2) is 37.1 Å². The molecule has 0 saturated carbocycles. The number of imidazole rings is 1. The van der Waals surface area contributed by atoms with Crippen LogP contribution < -0.4 is 14.4 Å². The molecule has 0 saturated heterocycles. The van der Waals surface area contributed by atoms with E-state index in [1.54, 1.807) is 44.4 Å². The fourth-order valence-electron chi connectivity index (χ4n) is 2.61. The Morgan fingerprint density at radius 3 is 2.54 bits per heavy atom. The minimum Gasteiger partial charge on any atom is -0.493 e. The third-order valence-electron chi connectivity index (χ3n) is 3.91. The van der Waals surface area contributed by atoms with Gasteiger partial charge in [0.25, 0.3) is 5.91 Å². The number of aromatic amines is 1. The van der Waals surface area contributed by atoms with E-state index in [-0.39, 0.29) is 5.91 Å². The Morgan fingerprint density at radius 2 is 1.83 bits per heavy atom. The molecule has 24 heavy (non-hydrogen) atoms. The largest absolute Gasteiger partial charge is 0.493 e. The lowest BCUT2D eigenvalue weighted by Crippen LogP contribution is -2.26. The van der Waals surface area contributed by atoms with E-state index in [2.05, 4.69) is 9.97 Å². The lowest BCUT2D eigenvalue weighted by atomic mass is 10.1. The number of nitrogens with zero attached hydrogens (tertiary/aromatic N) is 2. The fourth-order valence-corrected chi connectivity index (χ4v) is 2.61. The molecule has 0 aliphatic carbocycles. The third kappa shape index (κ3) is 2.78. The lowest BCUT2D eigenvalue weighted by Gasteiger charge is -2.18. The molecule has 1 amide bonds. The van der Waals surface area contributed by atoms with Crippen molar-refractivity contribution in [3.8, 4) is 11.5 Å². The van der Waals surface area contributed by atoms with Gasteiger partial charge in [0, 0.05) is 18.3 Å². The van der Waals surface area contributed by atoms with Crippen molar-refractivity contribution in [1.29, 1.82) is 0 Å². The number of methoxy groups -OCH3 is 2. The van der Waals surface area contributed by atoms with Gasteiger partial charge in [-0.2, -0.15) is 0 Å². The minimum absolute atomic E-state index is 0.133. The number of carbonyl (C=O) groups is 1. The number of H-pyrrole nitrogens is 1. The zero-order valence-electron chi connectivity index (χ0n) is 14.1. The summed E-state index contributed by atoms with van der Waals surface area (Å²) in [5, 5.41) is 0. The Hall–Kier alpha value is -3.02. The van der Waals surface area contributed by atoms with Gasteiger partial charge in [0.2, 0.25) is 0 Å². The van der Waals surface area contributed by atoms with Gasteiger partial charge in [0.15, 0.2) is 11.5 Å². The van der Waals surface area contributed by atoms with Crippen molar-refractivity contribution < 1.29 is 14.3 Å². The molecule has 0 aliphatic rings. The van der Waals surface area contributed by atoms with Crippen molar-refractivity contribution in [3.63, 3.8) is 0 Å². The predicted octanol–water partition coefficient (Wildman–Crippen LogP) is 3.17. The summed E-state index contributed by atoms with van der Waals surface area (Å²) in [4.78, 5) is 21.9. The highest BCUT2D eigenvalue weighted by molar-refractivity contribution is 6.06. The third-order valence-corrected chi connectivity index (χ3v) is 3.91. The van der Waals surface area contributed by atoms with E-state index in [0.717, 1.165) is 22.5 Å². The molecule has 0 spiro atoms. The van der Waals surface area contributed by atoms with Crippen molar-refractivity contribution >= 4 is 22.6 Å². The molecule has 6 nitrogen and oxygen atoms in total. The molecule has 124 valence electrons. The van der Waals surface area contributed by atoms with Gasteiger partial charge in [-0.3, -0.25) is 4.79 Å². The Labute approximate surface area is 140 Å². The summed E-state index contributed by atoms with van der Waals surface area (Å²) in [6.07, 6.45) is 0. The Balaban J connectivity index is 1.92. The first-order valence-electron chi connectivity index (χ1n) is 7.50. The molecule has 0 aliphatic heterocycles. The van der Waals surface area contributed by atoms with Crippen LogP contribution in [0.2, 0.25) is 0 Å². The first-order valence-corrected chi connectivity index (χ1v) is 7.50. The Bertz CT molecular complexity index is 902. The first-order chi connectivity index (χ1) is 11.5. The molecule has 0 bridgehead atoms. The molecule has 3 rings (SSSR count). The quantitative estimate of drug-likeness (QED) is 0.800. The van der Waals surface area contributed by atoms with Crippen molar-refractivity contribution in [2.75, 3.05) is 26.2 Å². The molecule has 2 aromatic carbocycles. The van der Waals surface area contributed by atoms with E-state index < -0.39 is 0 Å². The van der Waals surface area contributed by atoms with Gasteiger partial charge in [-0.15, -0.1) is 0 Å². The Kier molecular flexibility index (Phi) is 4.12. The molecule has 0 atom stereocenters. The summed E-state index contributed by atoms with van der Waals surface area (Å²) in [6.45, 7) is 1.90. The number of anilines is 1. The normalized spacial score (nSPS) is 10.7. The van der Waals surface area contributed by atoms with Crippen LogP contribution in [-0.2, 0) is 0 Å². The van der Waals surface area contributed by atoms with Gasteiger partial charge in [0.05, 0.1) is 25.3 Å². The van der Waals surface area contributed by atoms with Crippen LogP contribution in [0.3, 0.4) is 0 Å². The highest BCUT2D eigenvalue weighted by Gasteiger charge is 2.16. The summed E-state index contributed by atoms with van der Waals surface area (Å²) < 4.78 is 10.5. The van der Waals surface area contributed by atoms with E-state index in [1.165, 1.54) is 0 Å². The maximum Gasteiger partial charge on any atom is 0.258 e. The number of carbonyl (C=O) groups excluding carboxylic acids is 1. The van der Waals surface area contributed by atoms with E-state index in [1.807, 2.05) is 25.1 Å². The number of ether oxygens (including phenoxy) is 2. The van der Waals surface area contributed by atoms with Crippen molar-refractivity contribution in [2.45, 2.75) is 6.92 Å². The number of fused-ring (bicyclic) bond motifs is 1. The van der Waals surface area contributed by atoms with E-state index in [0.29, 0.717) is 17.1 Å². The summed E-state index contributed by atoms with van der Waals surface area (Å²) >= 11 is 0. The molecule has 6 heteroatoms. The Morgan fingerprint density at radius 1 is 1.08 bits per heavy atom. The van der Waals surface area contributed by atoms with Crippen LogP contribution in [0.15, 0.2) is 36.4 Å². The number of aromatic nitrogens is 2. The number of hydrogen-bond donors (Lipinski definition) is 1. The van der Waals surface area contributed by atoms with Crippen molar-refractivity contribution in [3.05, 3.63) is 47.8 Å². The van der Waals surface area contributed by atoms with Gasteiger partial charge in [-0.1, -0.05) is 0 Å². The molecular weight excluding hydrogens is 306 g/mol. The average Bonchev–Trinajstić information content (AvgIpc) is 2.98. The summed E-state index contributed by atoms with van der Waals surface area (Å²) in [5.41, 5.74) is 3.09. The summed E-state index contributed by atoms with van der Waals surface area (Å²) in [5.74, 6) is 1.82. The fraction of sp³-hybridized carbons (Fsp3) is 0.222. The topological polar surface area (TPSA) is 67.5 Å². The molecule has 1 heterocycles. The smallest absolute Gasteiger partial charge is 0.258 e. The maximum absolute atomic E-state index is 12.8. The number of hydrogen-bond acceptors (Lipinski definition) is 4. The lowest BCUT2D eigenvalue weighted by molar-refractivity contribution is 0.0992. The monoisotopic (exact) mass is 325 g/mol. The van der Waals surface area contributed by atoms with E-state index >= 15 is 0 Å². The number of amides is 1. The molecule has 0 unspecified atom stereocenters. The summed E-state index contributed by atoms with van der Waals surface area (Å²) in [7, 11) is 4.85. The van der Waals surface area contributed by atoms with Gasteiger partial charge in [-0.25, -0.2) is 4.98 Å². The van der Waals surface area contributed by atoms with Crippen LogP contribution in [0, 0.1) is 6.92 Å². The average molecular weight is 325 g/mol. The number of nitrogens with one attached hydrogen (secondary N) is 1. The molecule has 1 aromatic heterocycles. The molecular formula is C18H19N3O3. The number of aryl methyl sites for hydroxylation is 1. The van der Waals surface area contributed by atoms with E-state index in [9.17, 15) is 4.79 Å². The van der Waals surface area contributed by atoms with Gasteiger partial charge < -0.3 is 19.4 Å². The highest BCUT2D eigenvalue weighted by Crippen LogP contribution is 2.29. The van der Waals surface area contributed by atoms with Gasteiger partial charge >= 0.3 is 0 Å². The zero-order chi connectivity index (χ0) is 17.3. The van der Waals surface area contributed by atoms with Crippen LogP contribution in [0.5, 0.6) is 11.5 Å². The van der Waals surface area contributed by atoms with Crippen LogP contribution in [0.4, 0.5) is 5.69 Å². The second-order valence-corrected chi connectivity index (χ2v) is 5.46. The molecule has 0 fully saturated rings. The standard InChI is InChI=1S/C18H19N3O3/c1-11-19-14-7-6-13(10-15(14)20-11)21(2)18(22)12-5-8-16(23-3)17(9-12)24-4/h5-10H,1-4H3,(H,19,20). The predicted molar refractivity (Wildman–Crippen MR) is 93.1 cm³/mol. The second-order valence-electron chi connectivity index (χ2n) is 5.46. The van der Waals surface area contributed by atoms with Crippen LogP contribution in [0.25, 0.3) is 11.0 Å². The minimum atomic E-state index is -0.133. The molecule has 3 aromatic rings. The highest BCUT2D eigenvalue weighted by atomic mass is 16.5. The van der Waals surface area contributed by atoms with E-state index in [4.69, 9.17) is 9.47 Å². The van der Waals surface area contributed by atoms with Crippen LogP contribution >= 0.6 is 0 Å². The van der Waals surface area contributed by atoms with Crippen molar-refractivity contribution in [2.24, 2.45) is 0 Å². The van der Waals surface area contributed by atoms with Crippen molar-refractivity contribution in [1.82, 2.24) is 9.97 Å². The zero-order valence-corrected chi connectivity index (χ0v) is 14.1. The van der Waals surface area contributed by atoms with Gasteiger partial charge in [-0.05, 0) is 43.3 Å².